The molecule has 0 bridgehead atoms. The predicted octanol–water partition coefficient (Wildman–Crippen LogP) is 2.51. The van der Waals surface area contributed by atoms with E-state index in [4.69, 9.17) is 0 Å². The Bertz CT molecular complexity index is 496. The van der Waals surface area contributed by atoms with Crippen molar-refractivity contribution in [1.29, 1.82) is 0 Å². The molecule has 3 nitrogen and oxygen atoms in total. The number of carbonyl (C=O) groups is 1. The maximum absolute atomic E-state index is 13.2. The summed E-state index contributed by atoms with van der Waals surface area (Å²) in [5.41, 5.74) is 0.549. The third kappa shape index (κ3) is 2.82. The van der Waals surface area contributed by atoms with Crippen molar-refractivity contribution in [3.8, 4) is 0 Å². The Balaban J connectivity index is 1.65. The van der Waals surface area contributed by atoms with Crippen LogP contribution in [0.1, 0.15) is 23.2 Å². The zero-order chi connectivity index (χ0) is 13.4. The van der Waals surface area contributed by atoms with Crippen molar-refractivity contribution >= 4 is 21.8 Å². The molecule has 0 atom stereocenters. The SMILES string of the molecule is O=C(c1ccc(F)c(Br)c1)N1CCN(C2CC2)CC1. The molecule has 19 heavy (non-hydrogen) atoms. The number of rotatable bonds is 2. The van der Waals surface area contributed by atoms with E-state index in [1.54, 1.807) is 12.1 Å². The van der Waals surface area contributed by atoms with Crippen LogP contribution in [0.25, 0.3) is 0 Å². The van der Waals surface area contributed by atoms with Crippen LogP contribution in [0.15, 0.2) is 22.7 Å². The maximum Gasteiger partial charge on any atom is 0.253 e. The Morgan fingerprint density at radius 1 is 1.21 bits per heavy atom. The Hall–Kier alpha value is -0.940. The summed E-state index contributed by atoms with van der Waals surface area (Å²) in [5, 5.41) is 0. The highest BCUT2D eigenvalue weighted by atomic mass is 79.9. The van der Waals surface area contributed by atoms with Gasteiger partial charge in [-0.05, 0) is 47.0 Å². The molecule has 2 fully saturated rings. The summed E-state index contributed by atoms with van der Waals surface area (Å²) in [6, 6.07) is 5.20. The number of piperazine rings is 1. The minimum Gasteiger partial charge on any atom is -0.336 e. The molecule has 1 saturated carbocycles. The van der Waals surface area contributed by atoms with Crippen molar-refractivity contribution in [3.05, 3.63) is 34.1 Å². The number of benzene rings is 1. The summed E-state index contributed by atoms with van der Waals surface area (Å²) >= 11 is 3.12. The molecular formula is C14H16BrFN2O. The Morgan fingerprint density at radius 3 is 2.47 bits per heavy atom. The number of carbonyl (C=O) groups excluding carboxylic acids is 1. The first-order valence-corrected chi connectivity index (χ1v) is 7.43. The van der Waals surface area contributed by atoms with Gasteiger partial charge in [-0.15, -0.1) is 0 Å². The van der Waals surface area contributed by atoms with Crippen LogP contribution < -0.4 is 0 Å². The van der Waals surface area contributed by atoms with Gasteiger partial charge in [-0.1, -0.05) is 0 Å². The second-order valence-corrected chi connectivity index (χ2v) is 6.04. The molecule has 1 aliphatic carbocycles. The van der Waals surface area contributed by atoms with Crippen LogP contribution in [0, 0.1) is 5.82 Å². The number of nitrogens with zero attached hydrogens (tertiary/aromatic N) is 2. The van der Waals surface area contributed by atoms with Crippen LogP contribution in [-0.4, -0.2) is 47.9 Å². The van der Waals surface area contributed by atoms with Gasteiger partial charge in [0.25, 0.3) is 5.91 Å². The van der Waals surface area contributed by atoms with Gasteiger partial charge in [-0.3, -0.25) is 9.69 Å². The molecule has 1 saturated heterocycles. The second kappa shape index (κ2) is 5.21. The lowest BCUT2D eigenvalue weighted by Crippen LogP contribution is -2.49. The fourth-order valence-corrected chi connectivity index (χ4v) is 2.92. The van der Waals surface area contributed by atoms with E-state index in [9.17, 15) is 9.18 Å². The zero-order valence-electron chi connectivity index (χ0n) is 10.6. The standard InChI is InChI=1S/C14H16BrFN2O/c15-12-9-10(1-4-13(12)16)14(19)18-7-5-17(6-8-18)11-2-3-11/h1,4,9,11H,2-3,5-8H2. The molecule has 5 heteroatoms. The van der Waals surface area contributed by atoms with Gasteiger partial charge in [-0.2, -0.15) is 0 Å². The van der Waals surface area contributed by atoms with Crippen molar-refractivity contribution in [2.45, 2.75) is 18.9 Å². The molecular weight excluding hydrogens is 311 g/mol. The molecule has 0 radical (unpaired) electrons. The van der Waals surface area contributed by atoms with E-state index >= 15 is 0 Å². The summed E-state index contributed by atoms with van der Waals surface area (Å²) < 4.78 is 13.5. The van der Waals surface area contributed by atoms with E-state index in [1.807, 2.05) is 4.90 Å². The third-order valence-electron chi connectivity index (χ3n) is 3.83. The lowest BCUT2D eigenvalue weighted by molar-refractivity contribution is 0.0627. The van der Waals surface area contributed by atoms with Gasteiger partial charge >= 0.3 is 0 Å². The summed E-state index contributed by atoms with van der Waals surface area (Å²) in [6.07, 6.45) is 2.61. The Kier molecular flexibility index (Phi) is 3.58. The van der Waals surface area contributed by atoms with E-state index in [1.165, 1.54) is 18.9 Å². The first kappa shape index (κ1) is 13.1. The summed E-state index contributed by atoms with van der Waals surface area (Å²) in [6.45, 7) is 3.45. The molecule has 1 aromatic carbocycles. The molecule has 0 spiro atoms. The van der Waals surface area contributed by atoms with Gasteiger partial charge in [-0.25, -0.2) is 4.39 Å². The molecule has 1 aliphatic heterocycles. The van der Waals surface area contributed by atoms with Crippen molar-refractivity contribution in [3.63, 3.8) is 0 Å². The maximum atomic E-state index is 13.2. The lowest BCUT2D eigenvalue weighted by atomic mass is 10.1. The quantitative estimate of drug-likeness (QED) is 0.833. The highest BCUT2D eigenvalue weighted by Crippen LogP contribution is 2.27. The van der Waals surface area contributed by atoms with E-state index in [0.29, 0.717) is 10.0 Å². The fourth-order valence-electron chi connectivity index (χ4n) is 2.54. The molecule has 0 N–H and O–H groups in total. The van der Waals surface area contributed by atoms with E-state index in [2.05, 4.69) is 20.8 Å². The van der Waals surface area contributed by atoms with E-state index < -0.39 is 0 Å². The van der Waals surface area contributed by atoms with Gasteiger partial charge in [0.15, 0.2) is 0 Å². The van der Waals surface area contributed by atoms with Crippen LogP contribution in [0.4, 0.5) is 4.39 Å². The van der Waals surface area contributed by atoms with Crippen molar-refractivity contribution in [2.75, 3.05) is 26.2 Å². The van der Waals surface area contributed by atoms with Gasteiger partial charge < -0.3 is 4.90 Å². The van der Waals surface area contributed by atoms with Gasteiger partial charge in [0.2, 0.25) is 0 Å². The number of hydrogen-bond donors (Lipinski definition) is 0. The number of halogens is 2. The van der Waals surface area contributed by atoms with Crippen molar-refractivity contribution in [2.24, 2.45) is 0 Å². The predicted molar refractivity (Wildman–Crippen MR) is 74.6 cm³/mol. The van der Waals surface area contributed by atoms with Crippen LogP contribution in [0.2, 0.25) is 0 Å². The van der Waals surface area contributed by atoms with Crippen LogP contribution in [0.3, 0.4) is 0 Å². The molecule has 0 unspecified atom stereocenters. The van der Waals surface area contributed by atoms with Gasteiger partial charge in [0.1, 0.15) is 5.82 Å². The Morgan fingerprint density at radius 2 is 1.89 bits per heavy atom. The normalized spacial score (nSPS) is 20.6. The minimum absolute atomic E-state index is 0.00357. The van der Waals surface area contributed by atoms with Crippen LogP contribution >= 0.6 is 15.9 Å². The molecule has 1 heterocycles. The number of hydrogen-bond acceptors (Lipinski definition) is 2. The molecule has 1 amide bonds. The van der Waals surface area contributed by atoms with Gasteiger partial charge in [0, 0.05) is 37.8 Å². The van der Waals surface area contributed by atoms with Crippen molar-refractivity contribution in [1.82, 2.24) is 9.80 Å². The third-order valence-corrected chi connectivity index (χ3v) is 4.44. The van der Waals surface area contributed by atoms with Crippen molar-refractivity contribution < 1.29 is 9.18 Å². The fraction of sp³-hybridized carbons (Fsp3) is 0.500. The average molecular weight is 327 g/mol. The topological polar surface area (TPSA) is 23.6 Å². The second-order valence-electron chi connectivity index (χ2n) is 5.19. The first-order valence-electron chi connectivity index (χ1n) is 6.63. The molecule has 0 aromatic heterocycles. The zero-order valence-corrected chi connectivity index (χ0v) is 12.2. The summed E-state index contributed by atoms with van der Waals surface area (Å²) in [7, 11) is 0. The minimum atomic E-state index is -0.338. The van der Waals surface area contributed by atoms with E-state index in [0.717, 1.165) is 32.2 Å². The van der Waals surface area contributed by atoms with Crippen LogP contribution in [0.5, 0.6) is 0 Å². The van der Waals surface area contributed by atoms with Crippen LogP contribution in [-0.2, 0) is 0 Å². The lowest BCUT2D eigenvalue weighted by Gasteiger charge is -2.34. The molecule has 2 aliphatic rings. The highest BCUT2D eigenvalue weighted by Gasteiger charge is 2.32. The highest BCUT2D eigenvalue weighted by molar-refractivity contribution is 9.10. The van der Waals surface area contributed by atoms with Gasteiger partial charge in [0.05, 0.1) is 4.47 Å². The number of amides is 1. The smallest absolute Gasteiger partial charge is 0.253 e. The average Bonchev–Trinajstić information content (AvgIpc) is 3.26. The first-order chi connectivity index (χ1) is 9.15. The van der Waals surface area contributed by atoms with E-state index in [-0.39, 0.29) is 11.7 Å². The Labute approximate surface area is 120 Å². The molecule has 102 valence electrons. The molecule has 3 rings (SSSR count). The molecule has 1 aromatic rings. The summed E-state index contributed by atoms with van der Waals surface area (Å²) in [4.78, 5) is 16.6. The largest absolute Gasteiger partial charge is 0.336 e. The monoisotopic (exact) mass is 326 g/mol. The summed E-state index contributed by atoms with van der Waals surface area (Å²) in [5.74, 6) is -0.341.